The lowest BCUT2D eigenvalue weighted by atomic mass is 10.1. The summed E-state index contributed by atoms with van der Waals surface area (Å²) in [4.78, 5) is 30.4. The first kappa shape index (κ1) is 17.6. The maximum absolute atomic E-state index is 12.1. The molecule has 0 aliphatic rings. The molecule has 0 atom stereocenters. The molecule has 0 spiro atoms. The minimum absolute atomic E-state index is 0.0542. The van der Waals surface area contributed by atoms with E-state index in [4.69, 9.17) is 0 Å². The van der Waals surface area contributed by atoms with Crippen LogP contribution in [0.4, 0.5) is 0 Å². The molecule has 1 amide bonds. The molecule has 2 rings (SSSR count). The van der Waals surface area contributed by atoms with E-state index < -0.39 is 0 Å². The highest BCUT2D eigenvalue weighted by molar-refractivity contribution is 9.10. The van der Waals surface area contributed by atoms with Gasteiger partial charge in [-0.05, 0) is 55.9 Å². The number of rotatable bonds is 4. The van der Waals surface area contributed by atoms with Gasteiger partial charge in [-0.15, -0.1) is 0 Å². The molecule has 2 heterocycles. The van der Waals surface area contributed by atoms with Crippen LogP contribution in [0.3, 0.4) is 0 Å². The van der Waals surface area contributed by atoms with Gasteiger partial charge in [0.2, 0.25) is 5.91 Å². The second-order valence-electron chi connectivity index (χ2n) is 6.63. The number of fused-ring (bicyclic) bond motifs is 1. The summed E-state index contributed by atoms with van der Waals surface area (Å²) in [6, 6.07) is 5.12. The second-order valence-corrected chi connectivity index (χ2v) is 7.55. The lowest BCUT2D eigenvalue weighted by Gasteiger charge is -2.23. The van der Waals surface area contributed by atoms with Crippen LogP contribution in [-0.4, -0.2) is 39.3 Å². The van der Waals surface area contributed by atoms with Gasteiger partial charge in [0.1, 0.15) is 5.65 Å². The van der Waals surface area contributed by atoms with Crippen molar-refractivity contribution in [3.05, 3.63) is 44.9 Å². The van der Waals surface area contributed by atoms with Crippen molar-refractivity contribution in [2.75, 3.05) is 13.6 Å². The van der Waals surface area contributed by atoms with E-state index in [1.807, 2.05) is 38.8 Å². The number of nitrogens with one attached hydrogen (secondary N) is 1. The summed E-state index contributed by atoms with van der Waals surface area (Å²) in [5.74, 6) is -0.0542. The third kappa shape index (κ3) is 5.14. The Kier molecular flexibility index (Phi) is 5.21. The molecule has 23 heavy (non-hydrogen) atoms. The van der Waals surface area contributed by atoms with Gasteiger partial charge in [-0.25, -0.2) is 4.98 Å². The summed E-state index contributed by atoms with van der Waals surface area (Å²) in [5, 5.41) is 2.91. The number of aromatic nitrogens is 2. The molecule has 2 aromatic rings. The number of amides is 1. The molecule has 6 nitrogen and oxygen atoms in total. The number of likely N-dealkylation sites (N-methyl/N-ethyl adjacent to an activating group) is 1. The quantitative estimate of drug-likeness (QED) is 0.877. The van der Waals surface area contributed by atoms with Crippen molar-refractivity contribution in [1.29, 1.82) is 0 Å². The van der Waals surface area contributed by atoms with E-state index in [0.717, 1.165) is 4.47 Å². The molecule has 0 aliphatic carbocycles. The Hall–Kier alpha value is -1.73. The van der Waals surface area contributed by atoms with Gasteiger partial charge >= 0.3 is 0 Å². The first-order valence-electron chi connectivity index (χ1n) is 7.31. The molecule has 0 unspecified atom stereocenters. The zero-order chi connectivity index (χ0) is 17.2. The summed E-state index contributed by atoms with van der Waals surface area (Å²) < 4.78 is 2.30. The van der Waals surface area contributed by atoms with E-state index in [9.17, 15) is 9.59 Å². The molecule has 7 heteroatoms. The van der Waals surface area contributed by atoms with E-state index in [1.165, 1.54) is 10.5 Å². The molecule has 0 saturated carbocycles. The summed E-state index contributed by atoms with van der Waals surface area (Å²) in [6.07, 6.45) is 1.69. The Morgan fingerprint density at radius 3 is 2.74 bits per heavy atom. The van der Waals surface area contributed by atoms with E-state index in [0.29, 0.717) is 17.9 Å². The van der Waals surface area contributed by atoms with Gasteiger partial charge in [0.05, 0.1) is 12.2 Å². The Balaban J connectivity index is 2.11. The predicted octanol–water partition coefficient (Wildman–Crippen LogP) is 1.80. The molecule has 0 aromatic carbocycles. The SMILES string of the molecule is CN(CC(=O)NC(C)(C)C)Cc1cc(=O)n2cc(Br)ccc2n1. The third-order valence-electron chi connectivity index (χ3n) is 3.04. The van der Waals surface area contributed by atoms with Crippen LogP contribution in [0.1, 0.15) is 26.5 Å². The third-order valence-corrected chi connectivity index (χ3v) is 3.51. The summed E-state index contributed by atoms with van der Waals surface area (Å²) >= 11 is 3.34. The van der Waals surface area contributed by atoms with E-state index in [2.05, 4.69) is 26.2 Å². The van der Waals surface area contributed by atoms with E-state index in [-0.39, 0.29) is 23.6 Å². The maximum Gasteiger partial charge on any atom is 0.258 e. The molecule has 2 aromatic heterocycles. The fourth-order valence-electron chi connectivity index (χ4n) is 2.24. The molecule has 0 fully saturated rings. The van der Waals surface area contributed by atoms with Crippen LogP contribution in [0.25, 0.3) is 5.65 Å². The average molecular weight is 381 g/mol. The number of pyridine rings is 1. The normalized spacial score (nSPS) is 11.9. The van der Waals surface area contributed by atoms with E-state index >= 15 is 0 Å². The van der Waals surface area contributed by atoms with Gasteiger partial charge in [-0.3, -0.25) is 18.9 Å². The highest BCUT2D eigenvalue weighted by Gasteiger charge is 2.15. The van der Waals surface area contributed by atoms with Gasteiger partial charge < -0.3 is 5.32 Å². The molecular weight excluding hydrogens is 360 g/mol. The van der Waals surface area contributed by atoms with Crippen molar-refractivity contribution in [3.8, 4) is 0 Å². The zero-order valence-electron chi connectivity index (χ0n) is 13.8. The fraction of sp³-hybridized carbons (Fsp3) is 0.438. The first-order valence-corrected chi connectivity index (χ1v) is 8.11. The monoisotopic (exact) mass is 380 g/mol. The molecular formula is C16H21BrN4O2. The van der Waals surface area contributed by atoms with Gasteiger partial charge in [-0.2, -0.15) is 0 Å². The predicted molar refractivity (Wildman–Crippen MR) is 93.4 cm³/mol. The number of carbonyl (C=O) groups excluding carboxylic acids is 1. The molecule has 0 bridgehead atoms. The Labute approximate surface area is 143 Å². The summed E-state index contributed by atoms with van der Waals surface area (Å²) in [7, 11) is 1.83. The average Bonchev–Trinajstić information content (AvgIpc) is 2.37. The van der Waals surface area contributed by atoms with Crippen molar-refractivity contribution in [2.45, 2.75) is 32.9 Å². The standard InChI is InChI=1S/C16H21BrN4O2/c1-16(2,3)19-14(22)10-20(4)9-12-7-15(23)21-8-11(17)5-6-13(21)18-12/h5-8H,9-10H2,1-4H3,(H,19,22). The van der Waals surface area contributed by atoms with Gasteiger partial charge in [0, 0.05) is 28.8 Å². The fourth-order valence-corrected chi connectivity index (χ4v) is 2.58. The summed E-state index contributed by atoms with van der Waals surface area (Å²) in [6.45, 7) is 6.50. The molecule has 0 aliphatic heterocycles. The topological polar surface area (TPSA) is 66.7 Å². The molecule has 124 valence electrons. The Morgan fingerprint density at radius 2 is 2.09 bits per heavy atom. The molecule has 0 radical (unpaired) electrons. The zero-order valence-corrected chi connectivity index (χ0v) is 15.3. The van der Waals surface area contributed by atoms with Crippen molar-refractivity contribution >= 4 is 27.5 Å². The largest absolute Gasteiger partial charge is 0.350 e. The van der Waals surface area contributed by atoms with Crippen LogP contribution in [0.5, 0.6) is 0 Å². The molecule has 0 saturated heterocycles. The number of nitrogens with zero attached hydrogens (tertiary/aromatic N) is 3. The number of halogens is 1. The number of hydrogen-bond donors (Lipinski definition) is 1. The van der Waals surface area contributed by atoms with Crippen LogP contribution in [-0.2, 0) is 11.3 Å². The Morgan fingerprint density at radius 1 is 1.39 bits per heavy atom. The summed E-state index contributed by atoms with van der Waals surface area (Å²) in [5.41, 5.74) is 0.830. The smallest absolute Gasteiger partial charge is 0.258 e. The van der Waals surface area contributed by atoms with Crippen LogP contribution in [0, 0.1) is 0 Å². The molecule has 1 N–H and O–H groups in total. The van der Waals surface area contributed by atoms with Crippen LogP contribution >= 0.6 is 15.9 Å². The van der Waals surface area contributed by atoms with Crippen molar-refractivity contribution in [3.63, 3.8) is 0 Å². The highest BCUT2D eigenvalue weighted by Crippen LogP contribution is 2.10. The van der Waals surface area contributed by atoms with E-state index in [1.54, 1.807) is 12.3 Å². The van der Waals surface area contributed by atoms with Gasteiger partial charge in [-0.1, -0.05) is 0 Å². The Bertz CT molecular complexity index is 780. The van der Waals surface area contributed by atoms with Crippen LogP contribution in [0.15, 0.2) is 33.7 Å². The van der Waals surface area contributed by atoms with Crippen LogP contribution in [0.2, 0.25) is 0 Å². The van der Waals surface area contributed by atoms with Crippen molar-refractivity contribution in [1.82, 2.24) is 19.6 Å². The minimum atomic E-state index is -0.259. The maximum atomic E-state index is 12.1. The lowest BCUT2D eigenvalue weighted by Crippen LogP contribution is -2.45. The highest BCUT2D eigenvalue weighted by atomic mass is 79.9. The van der Waals surface area contributed by atoms with Crippen LogP contribution < -0.4 is 10.9 Å². The number of hydrogen-bond acceptors (Lipinski definition) is 4. The number of carbonyl (C=O) groups is 1. The minimum Gasteiger partial charge on any atom is -0.350 e. The lowest BCUT2D eigenvalue weighted by molar-refractivity contribution is -0.123. The van der Waals surface area contributed by atoms with Crippen molar-refractivity contribution in [2.24, 2.45) is 0 Å². The first-order chi connectivity index (χ1) is 10.6. The second kappa shape index (κ2) is 6.80. The van der Waals surface area contributed by atoms with Crippen molar-refractivity contribution < 1.29 is 4.79 Å². The van der Waals surface area contributed by atoms with Gasteiger partial charge in [0.25, 0.3) is 5.56 Å². The van der Waals surface area contributed by atoms with Gasteiger partial charge in [0.15, 0.2) is 0 Å².